The van der Waals surface area contributed by atoms with Crippen LogP contribution in [0.4, 0.5) is 0 Å². The Bertz CT molecular complexity index is 934. The third-order valence-corrected chi connectivity index (χ3v) is 6.04. The summed E-state index contributed by atoms with van der Waals surface area (Å²) in [5, 5.41) is 13.0. The second kappa shape index (κ2) is 8.80. The quantitative estimate of drug-likeness (QED) is 0.412. The van der Waals surface area contributed by atoms with Crippen molar-refractivity contribution in [2.75, 3.05) is 34.3 Å². The number of Topliss-reactive ketones (excluding diaryl/α,β-unsaturated/α-hetero) is 1. The Kier molecular flexibility index (Phi) is 6.39. The van der Waals surface area contributed by atoms with Gasteiger partial charge in [0.1, 0.15) is 11.5 Å². The van der Waals surface area contributed by atoms with Crippen LogP contribution < -0.4 is 9.64 Å². The van der Waals surface area contributed by atoms with Gasteiger partial charge in [-0.3, -0.25) is 9.59 Å². The van der Waals surface area contributed by atoms with E-state index in [0.29, 0.717) is 17.9 Å². The molecule has 1 atom stereocenters. The molecule has 0 aliphatic carbocycles. The number of nitrogens with zero attached hydrogens (tertiary/aromatic N) is 1. The molecule has 0 spiro atoms. The van der Waals surface area contributed by atoms with E-state index in [-0.39, 0.29) is 11.3 Å². The van der Waals surface area contributed by atoms with Gasteiger partial charge in [-0.05, 0) is 42.1 Å². The molecule has 3 rings (SSSR count). The number of methoxy groups -OCH3 is 1. The van der Waals surface area contributed by atoms with Crippen LogP contribution in [0.5, 0.6) is 5.75 Å². The normalized spacial score (nSPS) is 18.7. The Hall–Kier alpha value is -2.64. The van der Waals surface area contributed by atoms with Crippen molar-refractivity contribution in [2.45, 2.75) is 19.4 Å². The van der Waals surface area contributed by atoms with E-state index in [1.54, 1.807) is 30.2 Å². The lowest BCUT2D eigenvalue weighted by molar-refractivity contribution is -0.858. The Morgan fingerprint density at radius 3 is 2.62 bits per heavy atom. The van der Waals surface area contributed by atoms with Crippen LogP contribution in [0.2, 0.25) is 0 Å². The second-order valence-corrected chi connectivity index (χ2v) is 8.48. The summed E-state index contributed by atoms with van der Waals surface area (Å²) in [7, 11) is 5.68. The van der Waals surface area contributed by atoms with Gasteiger partial charge in [0.2, 0.25) is 0 Å². The molecule has 0 bridgehead atoms. The summed E-state index contributed by atoms with van der Waals surface area (Å²) in [6, 6.07) is 8.48. The van der Waals surface area contributed by atoms with Gasteiger partial charge in [-0.25, -0.2) is 0 Å². The smallest absolute Gasteiger partial charge is 0.295 e. The summed E-state index contributed by atoms with van der Waals surface area (Å²) in [5.74, 6) is -0.652. The SMILES string of the molecule is COc1ccc(C(O)=C2C(=O)C(=O)N(CCC[NH+](C)C)[C@@H]2c2cccs2)c(C)c1. The molecule has 29 heavy (non-hydrogen) atoms. The number of aliphatic hydroxyl groups is 1. The number of nitrogens with one attached hydrogen (secondary N) is 1. The molecule has 1 fully saturated rings. The van der Waals surface area contributed by atoms with Crippen LogP contribution in [-0.4, -0.2) is 56.0 Å². The van der Waals surface area contributed by atoms with Crippen LogP contribution in [0.1, 0.15) is 28.5 Å². The number of ketones is 1. The predicted molar refractivity (Wildman–Crippen MR) is 113 cm³/mol. The van der Waals surface area contributed by atoms with E-state index < -0.39 is 17.7 Å². The minimum atomic E-state index is -0.631. The fourth-order valence-electron chi connectivity index (χ4n) is 3.63. The van der Waals surface area contributed by atoms with Gasteiger partial charge in [0, 0.05) is 23.4 Å². The summed E-state index contributed by atoms with van der Waals surface area (Å²) in [6.45, 7) is 3.20. The number of amides is 1. The highest BCUT2D eigenvalue weighted by molar-refractivity contribution is 7.10. The molecule has 0 radical (unpaired) electrons. The van der Waals surface area contributed by atoms with E-state index in [2.05, 4.69) is 14.1 Å². The van der Waals surface area contributed by atoms with Gasteiger partial charge in [-0.15, -0.1) is 11.3 Å². The van der Waals surface area contributed by atoms with Crippen LogP contribution in [0.25, 0.3) is 5.76 Å². The van der Waals surface area contributed by atoms with Crippen molar-refractivity contribution in [2.24, 2.45) is 0 Å². The lowest BCUT2D eigenvalue weighted by Crippen LogP contribution is -3.05. The van der Waals surface area contributed by atoms with Crippen LogP contribution >= 0.6 is 11.3 Å². The van der Waals surface area contributed by atoms with Crippen molar-refractivity contribution in [3.05, 3.63) is 57.3 Å². The van der Waals surface area contributed by atoms with Gasteiger partial charge < -0.3 is 19.6 Å². The van der Waals surface area contributed by atoms with Crippen molar-refractivity contribution >= 4 is 28.8 Å². The molecule has 6 nitrogen and oxygen atoms in total. The molecule has 0 unspecified atom stereocenters. The Morgan fingerprint density at radius 1 is 1.28 bits per heavy atom. The summed E-state index contributed by atoms with van der Waals surface area (Å²) >= 11 is 1.48. The van der Waals surface area contributed by atoms with Gasteiger partial charge in [0.05, 0.1) is 39.4 Å². The van der Waals surface area contributed by atoms with E-state index in [1.807, 2.05) is 24.4 Å². The first kappa shape index (κ1) is 21.1. The lowest BCUT2D eigenvalue weighted by Gasteiger charge is -2.24. The Labute approximate surface area is 175 Å². The summed E-state index contributed by atoms with van der Waals surface area (Å²) in [4.78, 5) is 29.5. The largest absolute Gasteiger partial charge is 0.507 e. The summed E-state index contributed by atoms with van der Waals surface area (Å²) in [6.07, 6.45) is 0.777. The second-order valence-electron chi connectivity index (χ2n) is 7.50. The van der Waals surface area contributed by atoms with Crippen molar-refractivity contribution in [3.8, 4) is 5.75 Å². The number of aryl methyl sites for hydroxylation is 1. The highest BCUT2D eigenvalue weighted by atomic mass is 32.1. The first-order valence-electron chi connectivity index (χ1n) is 9.61. The van der Waals surface area contributed by atoms with Gasteiger partial charge in [0.15, 0.2) is 0 Å². The molecule has 1 saturated heterocycles. The van der Waals surface area contributed by atoms with Gasteiger partial charge >= 0.3 is 0 Å². The lowest BCUT2D eigenvalue weighted by atomic mass is 9.97. The molecule has 2 heterocycles. The monoisotopic (exact) mass is 415 g/mol. The molecular formula is C22H27N2O4S+. The first-order valence-corrected chi connectivity index (χ1v) is 10.5. The fourth-order valence-corrected chi connectivity index (χ4v) is 4.48. The molecular weight excluding hydrogens is 388 g/mol. The number of carbonyl (C=O) groups excluding carboxylic acids is 2. The van der Waals surface area contributed by atoms with Gasteiger partial charge in [0.25, 0.3) is 11.7 Å². The number of carbonyl (C=O) groups is 2. The van der Waals surface area contributed by atoms with Gasteiger partial charge in [-0.1, -0.05) is 6.07 Å². The predicted octanol–water partition coefficient (Wildman–Crippen LogP) is 2.02. The number of thiophene rings is 1. The van der Waals surface area contributed by atoms with Gasteiger partial charge in [-0.2, -0.15) is 0 Å². The van der Waals surface area contributed by atoms with Crippen molar-refractivity contribution in [1.82, 2.24) is 4.90 Å². The number of rotatable bonds is 7. The van der Waals surface area contributed by atoms with Crippen molar-refractivity contribution in [1.29, 1.82) is 0 Å². The first-order chi connectivity index (χ1) is 13.8. The molecule has 7 heteroatoms. The van der Waals surface area contributed by atoms with Crippen LogP contribution in [0, 0.1) is 6.92 Å². The number of hydrogen-bond donors (Lipinski definition) is 2. The zero-order valence-electron chi connectivity index (χ0n) is 17.2. The average Bonchev–Trinajstić information content (AvgIpc) is 3.29. The zero-order valence-corrected chi connectivity index (χ0v) is 18.0. The standard InChI is InChI=1S/C22H26N2O4S/c1-14-13-15(28-4)8-9-16(14)20(25)18-19(17-7-5-12-29-17)24(22(27)21(18)26)11-6-10-23(2)3/h5,7-9,12-13,19,25H,6,10-11H2,1-4H3/p+1/t19-/m1/s1. The van der Waals surface area contributed by atoms with Crippen LogP contribution in [-0.2, 0) is 9.59 Å². The molecule has 1 aromatic carbocycles. The number of ether oxygens (including phenoxy) is 1. The summed E-state index contributed by atoms with van der Waals surface area (Å²) in [5.41, 5.74) is 1.46. The Balaban J connectivity index is 2.06. The third kappa shape index (κ3) is 4.21. The van der Waals surface area contributed by atoms with Crippen LogP contribution in [0.3, 0.4) is 0 Å². The topological polar surface area (TPSA) is 71.3 Å². The molecule has 1 aliphatic heterocycles. The number of benzene rings is 1. The highest BCUT2D eigenvalue weighted by Gasteiger charge is 2.46. The molecule has 1 aromatic heterocycles. The third-order valence-electron chi connectivity index (χ3n) is 5.12. The molecule has 2 aromatic rings. The minimum absolute atomic E-state index is 0.136. The fraction of sp³-hybridized carbons (Fsp3) is 0.364. The molecule has 1 amide bonds. The Morgan fingerprint density at radius 2 is 2.03 bits per heavy atom. The van der Waals surface area contributed by atoms with E-state index in [9.17, 15) is 14.7 Å². The average molecular weight is 416 g/mol. The maximum Gasteiger partial charge on any atom is 0.295 e. The summed E-state index contributed by atoms with van der Waals surface area (Å²) < 4.78 is 5.23. The molecule has 154 valence electrons. The zero-order chi connectivity index (χ0) is 21.1. The van der Waals surface area contributed by atoms with E-state index in [0.717, 1.165) is 23.4 Å². The maximum atomic E-state index is 12.9. The van der Waals surface area contributed by atoms with E-state index >= 15 is 0 Å². The molecule has 0 saturated carbocycles. The number of aliphatic hydroxyl groups excluding tert-OH is 1. The molecule has 1 aliphatic rings. The van der Waals surface area contributed by atoms with Crippen molar-refractivity contribution < 1.29 is 24.3 Å². The number of quaternary nitrogens is 1. The van der Waals surface area contributed by atoms with Crippen LogP contribution in [0.15, 0.2) is 41.3 Å². The molecule has 2 N–H and O–H groups in total. The maximum absolute atomic E-state index is 12.9. The van der Waals surface area contributed by atoms with E-state index in [1.165, 1.54) is 16.2 Å². The van der Waals surface area contributed by atoms with Crippen molar-refractivity contribution in [3.63, 3.8) is 0 Å². The van der Waals surface area contributed by atoms with E-state index in [4.69, 9.17) is 4.74 Å². The highest BCUT2D eigenvalue weighted by Crippen LogP contribution is 2.41. The minimum Gasteiger partial charge on any atom is -0.507 e. The number of hydrogen-bond acceptors (Lipinski definition) is 5. The number of likely N-dealkylation sites (tertiary alicyclic amines) is 1.